The lowest BCUT2D eigenvalue weighted by Crippen LogP contribution is -2.06. The smallest absolute Gasteiger partial charge is 0.225 e. The second-order valence-electron chi connectivity index (χ2n) is 7.02. The minimum Gasteiger partial charge on any atom is -0.497 e. The molecule has 1 saturated carbocycles. The molecule has 5 rings (SSSR count). The van der Waals surface area contributed by atoms with E-state index in [0.29, 0.717) is 46.0 Å². The van der Waals surface area contributed by atoms with Gasteiger partial charge in [0.15, 0.2) is 5.65 Å². The molecule has 7 nitrogen and oxygen atoms in total. The maximum absolute atomic E-state index is 13.7. The van der Waals surface area contributed by atoms with E-state index in [2.05, 4.69) is 15.4 Å². The first-order valence-corrected chi connectivity index (χ1v) is 9.35. The van der Waals surface area contributed by atoms with Crippen molar-refractivity contribution in [3.8, 4) is 22.7 Å². The van der Waals surface area contributed by atoms with Gasteiger partial charge in [-0.2, -0.15) is 4.98 Å². The zero-order valence-electron chi connectivity index (χ0n) is 15.8. The third-order valence-electron chi connectivity index (χ3n) is 4.88. The van der Waals surface area contributed by atoms with Gasteiger partial charge in [0.2, 0.25) is 5.95 Å². The van der Waals surface area contributed by atoms with Gasteiger partial charge < -0.3 is 15.8 Å². The molecule has 0 bridgehead atoms. The van der Waals surface area contributed by atoms with E-state index in [0.717, 1.165) is 18.4 Å². The van der Waals surface area contributed by atoms with Crippen LogP contribution >= 0.6 is 0 Å². The fourth-order valence-electron chi connectivity index (χ4n) is 3.27. The lowest BCUT2D eigenvalue weighted by Gasteiger charge is -2.09. The summed E-state index contributed by atoms with van der Waals surface area (Å²) in [5, 5.41) is 8.48. The number of anilines is 2. The van der Waals surface area contributed by atoms with Crippen molar-refractivity contribution in [1.29, 1.82) is 0 Å². The van der Waals surface area contributed by atoms with Crippen molar-refractivity contribution in [3.05, 3.63) is 54.3 Å². The van der Waals surface area contributed by atoms with Crippen LogP contribution in [-0.2, 0) is 0 Å². The van der Waals surface area contributed by atoms with E-state index in [1.165, 1.54) is 16.8 Å². The number of fused-ring (bicyclic) bond motifs is 1. The van der Waals surface area contributed by atoms with Gasteiger partial charge >= 0.3 is 0 Å². The highest BCUT2D eigenvalue weighted by Crippen LogP contribution is 2.35. The molecule has 0 atom stereocenters. The molecule has 0 radical (unpaired) electrons. The Morgan fingerprint density at radius 3 is 2.72 bits per heavy atom. The highest BCUT2D eigenvalue weighted by Gasteiger charge is 2.24. The van der Waals surface area contributed by atoms with Crippen LogP contribution in [0.15, 0.2) is 48.5 Å². The van der Waals surface area contributed by atoms with Crippen molar-refractivity contribution in [3.63, 3.8) is 0 Å². The van der Waals surface area contributed by atoms with Gasteiger partial charge in [0.25, 0.3) is 0 Å². The van der Waals surface area contributed by atoms with Crippen molar-refractivity contribution in [2.45, 2.75) is 18.9 Å². The maximum atomic E-state index is 13.7. The summed E-state index contributed by atoms with van der Waals surface area (Å²) in [6.45, 7) is 0. The van der Waals surface area contributed by atoms with Gasteiger partial charge in [-0.15, -0.1) is 5.10 Å². The van der Waals surface area contributed by atoms with Gasteiger partial charge in [-0.1, -0.05) is 18.2 Å². The molecule has 0 unspecified atom stereocenters. The van der Waals surface area contributed by atoms with Crippen LogP contribution in [0.1, 0.15) is 12.8 Å². The van der Waals surface area contributed by atoms with Crippen molar-refractivity contribution < 1.29 is 9.13 Å². The summed E-state index contributed by atoms with van der Waals surface area (Å²) < 4.78 is 20.6. The van der Waals surface area contributed by atoms with Crippen LogP contribution in [0, 0.1) is 5.82 Å². The molecule has 1 aliphatic rings. The number of hydrogen-bond acceptors (Lipinski definition) is 6. The summed E-state index contributed by atoms with van der Waals surface area (Å²) >= 11 is 0. The molecule has 1 aliphatic carbocycles. The molecule has 146 valence electrons. The number of nitrogens with one attached hydrogen (secondary N) is 1. The first kappa shape index (κ1) is 17.4. The van der Waals surface area contributed by atoms with Crippen molar-refractivity contribution in [2.24, 2.45) is 0 Å². The molecule has 1 fully saturated rings. The Morgan fingerprint density at radius 2 is 1.97 bits per heavy atom. The lowest BCUT2D eigenvalue weighted by molar-refractivity contribution is 0.415. The van der Waals surface area contributed by atoms with Gasteiger partial charge in [-0.3, -0.25) is 0 Å². The number of nitrogens with zero attached hydrogens (tertiary/aromatic N) is 4. The number of nitrogen functional groups attached to an aromatic ring is 1. The topological polar surface area (TPSA) is 90.9 Å². The molecule has 3 N–H and O–H groups in total. The molecule has 0 amide bonds. The highest BCUT2D eigenvalue weighted by molar-refractivity contribution is 5.99. The predicted molar refractivity (Wildman–Crippen MR) is 110 cm³/mol. The fourth-order valence-corrected chi connectivity index (χ4v) is 3.27. The van der Waals surface area contributed by atoms with Crippen molar-refractivity contribution in [1.82, 2.24) is 19.7 Å². The van der Waals surface area contributed by atoms with Crippen LogP contribution < -0.4 is 15.8 Å². The first-order valence-electron chi connectivity index (χ1n) is 9.35. The molecule has 0 aliphatic heterocycles. The van der Waals surface area contributed by atoms with E-state index in [-0.39, 0.29) is 5.82 Å². The molecule has 0 spiro atoms. The molecule has 8 heteroatoms. The van der Waals surface area contributed by atoms with E-state index in [9.17, 15) is 4.39 Å². The Hall–Kier alpha value is -3.68. The summed E-state index contributed by atoms with van der Waals surface area (Å²) in [6.07, 6.45) is 2.19. The van der Waals surface area contributed by atoms with E-state index < -0.39 is 0 Å². The number of methoxy groups -OCH3 is 1. The molecule has 2 heterocycles. The number of ether oxygens (including phenoxy) is 1. The van der Waals surface area contributed by atoms with E-state index in [1.807, 2.05) is 24.3 Å². The van der Waals surface area contributed by atoms with E-state index >= 15 is 0 Å². The molecule has 29 heavy (non-hydrogen) atoms. The quantitative estimate of drug-likeness (QED) is 0.539. The van der Waals surface area contributed by atoms with Gasteiger partial charge in [-0.05, 0) is 43.2 Å². The second kappa shape index (κ2) is 6.73. The lowest BCUT2D eigenvalue weighted by atomic mass is 10.1. The number of rotatable bonds is 5. The zero-order chi connectivity index (χ0) is 20.0. The maximum Gasteiger partial charge on any atom is 0.225 e. The van der Waals surface area contributed by atoms with Gasteiger partial charge in [0.05, 0.1) is 23.9 Å². The third-order valence-corrected chi connectivity index (χ3v) is 4.88. The number of benzene rings is 2. The van der Waals surface area contributed by atoms with Gasteiger partial charge in [-0.25, -0.2) is 14.1 Å². The average molecular weight is 390 g/mol. The number of hydrogen-bond donors (Lipinski definition) is 2. The molecule has 2 aromatic heterocycles. The average Bonchev–Trinajstić information content (AvgIpc) is 3.48. The number of aromatic nitrogens is 4. The number of halogens is 1. The summed E-state index contributed by atoms with van der Waals surface area (Å²) in [4.78, 5) is 9.28. The Balaban J connectivity index is 1.74. The van der Waals surface area contributed by atoms with Crippen LogP contribution in [0.2, 0.25) is 0 Å². The van der Waals surface area contributed by atoms with Crippen molar-refractivity contribution >= 4 is 22.8 Å². The Bertz CT molecular complexity index is 1220. The van der Waals surface area contributed by atoms with Crippen LogP contribution in [0.4, 0.5) is 16.2 Å². The van der Waals surface area contributed by atoms with Crippen LogP contribution in [-0.4, -0.2) is 32.9 Å². The fraction of sp³-hybridized carbons (Fsp3) is 0.190. The monoisotopic (exact) mass is 390 g/mol. The predicted octanol–water partition coefficient (Wildman–Crippen LogP) is 3.79. The Labute approximate surface area is 166 Å². The standard InChI is InChI=1S/C21H19FN6O/c1-29-16-7-2-4-12(10-16)18-17-19(23)28(15-6-3-5-13(22)11-15)27-20(17)26-21(25-18)24-14-8-9-14/h2-7,10-11,14H,8-9,23H2,1H3,(H,24,26,27). The minimum atomic E-state index is -0.364. The molecule has 4 aromatic rings. The van der Waals surface area contributed by atoms with E-state index in [1.54, 1.807) is 19.2 Å². The molecular weight excluding hydrogens is 371 g/mol. The first-order chi connectivity index (χ1) is 14.1. The summed E-state index contributed by atoms with van der Waals surface area (Å²) in [7, 11) is 1.62. The summed E-state index contributed by atoms with van der Waals surface area (Å²) in [6, 6.07) is 14.1. The molecule has 2 aromatic carbocycles. The zero-order valence-corrected chi connectivity index (χ0v) is 15.8. The summed E-state index contributed by atoms with van der Waals surface area (Å²) in [5.74, 6) is 1.20. The summed E-state index contributed by atoms with van der Waals surface area (Å²) in [5.41, 5.74) is 8.89. The van der Waals surface area contributed by atoms with Crippen LogP contribution in [0.5, 0.6) is 5.75 Å². The third kappa shape index (κ3) is 3.22. The van der Waals surface area contributed by atoms with Gasteiger partial charge in [0.1, 0.15) is 17.4 Å². The van der Waals surface area contributed by atoms with Gasteiger partial charge in [0, 0.05) is 11.6 Å². The van der Waals surface area contributed by atoms with Crippen LogP contribution in [0.3, 0.4) is 0 Å². The SMILES string of the molecule is COc1cccc(-c2nc(NC3CC3)nc3nn(-c4cccc(F)c4)c(N)c23)c1. The van der Waals surface area contributed by atoms with Crippen LogP contribution in [0.25, 0.3) is 28.0 Å². The minimum absolute atomic E-state index is 0.349. The second-order valence-corrected chi connectivity index (χ2v) is 7.02. The molecule has 0 saturated heterocycles. The largest absolute Gasteiger partial charge is 0.497 e. The Kier molecular flexibility index (Phi) is 4.04. The normalized spacial score (nSPS) is 13.6. The van der Waals surface area contributed by atoms with Crippen molar-refractivity contribution in [2.75, 3.05) is 18.2 Å². The number of nitrogens with two attached hydrogens (primary N) is 1. The van der Waals surface area contributed by atoms with E-state index in [4.69, 9.17) is 15.5 Å². The Morgan fingerprint density at radius 1 is 1.14 bits per heavy atom. The molecular formula is C21H19FN6O. The highest BCUT2D eigenvalue weighted by atomic mass is 19.1.